The molecule has 0 bridgehead atoms. The Hall–Kier alpha value is -1.01. The molecular weight excluding hydrogens is 298 g/mol. The molecule has 1 N–H and O–H groups in total. The Balaban J connectivity index is 3.02. The van der Waals surface area contributed by atoms with E-state index in [1.54, 1.807) is 0 Å². The van der Waals surface area contributed by atoms with Gasteiger partial charge in [-0.25, -0.2) is 8.78 Å². The van der Waals surface area contributed by atoms with Gasteiger partial charge in [0.05, 0.1) is 11.1 Å². The summed E-state index contributed by atoms with van der Waals surface area (Å²) >= 11 is 2.98. The van der Waals surface area contributed by atoms with Gasteiger partial charge in [0.15, 0.2) is 0 Å². The number of aliphatic hydroxyl groups is 1. The highest BCUT2D eigenvalue weighted by Gasteiger charge is 2.14. The van der Waals surface area contributed by atoms with Gasteiger partial charge >= 0.3 is 0 Å². The van der Waals surface area contributed by atoms with Crippen molar-refractivity contribution in [1.29, 1.82) is 0 Å². The average Bonchev–Trinajstić information content (AvgIpc) is 2.32. The van der Waals surface area contributed by atoms with E-state index in [-0.39, 0.29) is 16.6 Å². The van der Waals surface area contributed by atoms with Gasteiger partial charge in [-0.3, -0.25) is 0 Å². The maximum Gasteiger partial charge on any atom is 0.150 e. The van der Waals surface area contributed by atoms with E-state index >= 15 is 0 Å². The maximum absolute atomic E-state index is 13.3. The summed E-state index contributed by atoms with van der Waals surface area (Å²) in [5.41, 5.74) is 0.431. The van der Waals surface area contributed by atoms with Gasteiger partial charge in [-0.15, -0.1) is 0 Å². The van der Waals surface area contributed by atoms with Crippen molar-refractivity contribution in [2.45, 2.75) is 12.5 Å². The molecular formula is C11H11BrF2O3. The number of aldehydes is 1. The van der Waals surface area contributed by atoms with Crippen molar-refractivity contribution < 1.29 is 23.4 Å². The topological polar surface area (TPSA) is 46.5 Å². The highest BCUT2D eigenvalue weighted by molar-refractivity contribution is 9.10. The van der Waals surface area contributed by atoms with Crippen LogP contribution >= 0.6 is 15.9 Å². The van der Waals surface area contributed by atoms with Crippen LogP contribution in [0.1, 0.15) is 5.56 Å². The lowest BCUT2D eigenvalue weighted by atomic mass is 10.1. The number of rotatable bonds is 6. The highest BCUT2D eigenvalue weighted by atomic mass is 79.9. The van der Waals surface area contributed by atoms with Gasteiger partial charge in [-0.1, -0.05) is 0 Å². The summed E-state index contributed by atoms with van der Waals surface area (Å²) in [7, 11) is 0. The van der Waals surface area contributed by atoms with Crippen LogP contribution in [-0.4, -0.2) is 30.8 Å². The minimum absolute atomic E-state index is 0.0264. The first kappa shape index (κ1) is 14.1. The Kier molecular flexibility index (Phi) is 5.50. The third-order valence-corrected chi connectivity index (χ3v) is 2.68. The van der Waals surface area contributed by atoms with Gasteiger partial charge < -0.3 is 14.6 Å². The first-order chi connectivity index (χ1) is 8.12. The molecule has 94 valence electrons. The standard InChI is InChI=1S/C11H11BrF2O3/c12-9-3-7(1-2-15)11(4-10(9)14)17-8(5-13)6-16/h2-4,8,16H,1,5-6H2/t8-/m0/s1. The first-order valence-electron chi connectivity index (χ1n) is 4.87. The molecule has 1 atom stereocenters. The van der Waals surface area contributed by atoms with Crippen LogP contribution in [0, 0.1) is 5.82 Å². The smallest absolute Gasteiger partial charge is 0.150 e. The minimum Gasteiger partial charge on any atom is -0.485 e. The van der Waals surface area contributed by atoms with Crippen LogP contribution < -0.4 is 4.74 Å². The molecule has 0 aliphatic heterocycles. The lowest BCUT2D eigenvalue weighted by molar-refractivity contribution is -0.107. The fraction of sp³-hybridized carbons (Fsp3) is 0.364. The third-order valence-electron chi connectivity index (χ3n) is 2.08. The Morgan fingerprint density at radius 2 is 2.24 bits per heavy atom. The quantitative estimate of drug-likeness (QED) is 0.818. The number of hydrogen-bond acceptors (Lipinski definition) is 3. The van der Waals surface area contributed by atoms with Crippen LogP contribution in [0.25, 0.3) is 0 Å². The van der Waals surface area contributed by atoms with Gasteiger partial charge in [-0.05, 0) is 22.0 Å². The molecule has 0 aliphatic carbocycles. The van der Waals surface area contributed by atoms with Crippen molar-refractivity contribution in [1.82, 2.24) is 0 Å². The average molecular weight is 309 g/mol. The molecule has 0 amide bonds. The highest BCUT2D eigenvalue weighted by Crippen LogP contribution is 2.27. The number of alkyl halides is 1. The normalized spacial score (nSPS) is 12.2. The van der Waals surface area contributed by atoms with Gasteiger partial charge in [-0.2, -0.15) is 0 Å². The number of hydrogen-bond donors (Lipinski definition) is 1. The molecule has 17 heavy (non-hydrogen) atoms. The van der Waals surface area contributed by atoms with Crippen molar-refractivity contribution in [3.63, 3.8) is 0 Å². The van der Waals surface area contributed by atoms with E-state index in [2.05, 4.69) is 15.9 Å². The Labute approximate surface area is 106 Å². The fourth-order valence-corrected chi connectivity index (χ4v) is 1.62. The van der Waals surface area contributed by atoms with E-state index in [4.69, 9.17) is 9.84 Å². The number of carbonyl (C=O) groups excluding carboxylic acids is 1. The van der Waals surface area contributed by atoms with Gasteiger partial charge in [0, 0.05) is 18.1 Å². The second-order valence-corrected chi connectivity index (χ2v) is 4.18. The molecule has 1 aromatic carbocycles. The van der Waals surface area contributed by atoms with Crippen LogP contribution in [0.3, 0.4) is 0 Å². The molecule has 0 fully saturated rings. The van der Waals surface area contributed by atoms with E-state index in [0.717, 1.165) is 6.07 Å². The molecule has 3 nitrogen and oxygen atoms in total. The molecule has 0 unspecified atom stereocenters. The van der Waals surface area contributed by atoms with Crippen LogP contribution in [0.2, 0.25) is 0 Å². The van der Waals surface area contributed by atoms with E-state index in [0.29, 0.717) is 11.8 Å². The maximum atomic E-state index is 13.3. The van der Waals surface area contributed by atoms with Gasteiger partial charge in [0.2, 0.25) is 0 Å². The Morgan fingerprint density at radius 3 is 2.76 bits per heavy atom. The number of benzene rings is 1. The van der Waals surface area contributed by atoms with Crippen LogP contribution in [0.15, 0.2) is 16.6 Å². The van der Waals surface area contributed by atoms with Crippen molar-refractivity contribution in [3.8, 4) is 5.75 Å². The second-order valence-electron chi connectivity index (χ2n) is 3.32. The molecule has 0 saturated heterocycles. The Morgan fingerprint density at radius 1 is 1.53 bits per heavy atom. The molecule has 1 aromatic rings. The molecule has 0 radical (unpaired) electrons. The zero-order valence-electron chi connectivity index (χ0n) is 8.83. The van der Waals surface area contributed by atoms with E-state index in [1.807, 2.05) is 0 Å². The second kappa shape index (κ2) is 6.66. The van der Waals surface area contributed by atoms with Crippen LogP contribution in [-0.2, 0) is 11.2 Å². The van der Waals surface area contributed by atoms with Crippen LogP contribution in [0.4, 0.5) is 8.78 Å². The Bertz CT molecular complexity index is 395. The van der Waals surface area contributed by atoms with E-state index < -0.39 is 25.2 Å². The van der Waals surface area contributed by atoms with Gasteiger partial charge in [0.1, 0.15) is 30.6 Å². The number of aliphatic hydroxyl groups excluding tert-OH is 1. The summed E-state index contributed by atoms with van der Waals surface area (Å²) in [4.78, 5) is 10.5. The number of halogens is 3. The van der Waals surface area contributed by atoms with Crippen molar-refractivity contribution in [2.75, 3.05) is 13.3 Å². The zero-order chi connectivity index (χ0) is 12.8. The molecule has 1 rings (SSSR count). The summed E-state index contributed by atoms with van der Waals surface area (Å²) in [6, 6.07) is 2.45. The third kappa shape index (κ3) is 3.74. The lowest BCUT2D eigenvalue weighted by Gasteiger charge is -2.16. The molecule has 0 saturated carbocycles. The summed E-state index contributed by atoms with van der Waals surface area (Å²) < 4.78 is 31.0. The van der Waals surface area contributed by atoms with E-state index in [1.165, 1.54) is 6.07 Å². The fourth-order valence-electron chi connectivity index (χ4n) is 1.23. The summed E-state index contributed by atoms with van der Waals surface area (Å²) in [6.45, 7) is -1.41. The first-order valence-corrected chi connectivity index (χ1v) is 5.66. The molecule has 0 aliphatic rings. The summed E-state index contributed by atoms with van der Waals surface area (Å²) in [6.07, 6.45) is -0.393. The van der Waals surface area contributed by atoms with Crippen molar-refractivity contribution in [3.05, 3.63) is 28.0 Å². The van der Waals surface area contributed by atoms with Gasteiger partial charge in [0.25, 0.3) is 0 Å². The molecule has 0 heterocycles. The molecule has 0 aromatic heterocycles. The minimum atomic E-state index is -1.05. The molecule has 6 heteroatoms. The lowest BCUT2D eigenvalue weighted by Crippen LogP contribution is -2.24. The number of carbonyl (C=O) groups is 1. The zero-order valence-corrected chi connectivity index (χ0v) is 10.4. The predicted octanol–water partition coefficient (Wildman–Crippen LogP) is 2.04. The van der Waals surface area contributed by atoms with E-state index in [9.17, 15) is 13.6 Å². The predicted molar refractivity (Wildman–Crippen MR) is 61.3 cm³/mol. The molecule has 0 spiro atoms. The summed E-state index contributed by atoms with van der Waals surface area (Å²) in [5.74, 6) is -0.514. The largest absolute Gasteiger partial charge is 0.485 e. The van der Waals surface area contributed by atoms with Crippen molar-refractivity contribution >= 4 is 22.2 Å². The SMILES string of the molecule is O=CCc1cc(Br)c(F)cc1O[C@H](CO)CF. The monoisotopic (exact) mass is 308 g/mol. The number of ether oxygens (including phenoxy) is 1. The van der Waals surface area contributed by atoms with Crippen LogP contribution in [0.5, 0.6) is 5.75 Å². The van der Waals surface area contributed by atoms with Crippen molar-refractivity contribution in [2.24, 2.45) is 0 Å². The summed E-state index contributed by atoms with van der Waals surface area (Å²) in [5, 5.41) is 8.79.